The molecule has 13 nitrogen and oxygen atoms in total. The second-order valence-electron chi connectivity index (χ2n) is 15.4. The molecule has 3 amide bonds. The van der Waals surface area contributed by atoms with Crippen LogP contribution in [0.25, 0.3) is 44.2 Å². The topological polar surface area (TPSA) is 166 Å². The molecule has 3 saturated heterocycles. The molecular weight excluding hydrogens is 674 g/mol. The monoisotopic (exact) mass is 715 g/mol. The fraction of sp³-hybridized carbons (Fsp3) is 0.425. The largest absolute Gasteiger partial charge is 0.465 e. The summed E-state index contributed by atoms with van der Waals surface area (Å²) < 4.78 is 10.4. The number of imidazole rings is 2. The highest BCUT2D eigenvalue weighted by Gasteiger charge is 2.57. The van der Waals surface area contributed by atoms with E-state index in [1.165, 1.54) is 7.11 Å². The Balaban J connectivity index is 0.878. The Kier molecular flexibility index (Phi) is 7.50. The fourth-order valence-corrected chi connectivity index (χ4v) is 9.38. The van der Waals surface area contributed by atoms with Gasteiger partial charge in [0.05, 0.1) is 35.9 Å². The molecule has 5 heterocycles. The van der Waals surface area contributed by atoms with Crippen molar-refractivity contribution in [3.8, 4) is 22.4 Å². The zero-order valence-corrected chi connectivity index (χ0v) is 29.3. The van der Waals surface area contributed by atoms with Crippen LogP contribution >= 0.6 is 0 Å². The Morgan fingerprint density at radius 3 is 2.25 bits per heavy atom. The number of carbonyl (C=O) groups excluding carboxylic acids is 2. The van der Waals surface area contributed by atoms with Crippen molar-refractivity contribution in [2.45, 2.75) is 68.7 Å². The number of nitrogens with zero attached hydrogens (tertiary/aromatic N) is 4. The van der Waals surface area contributed by atoms with E-state index in [0.717, 1.165) is 81.5 Å². The van der Waals surface area contributed by atoms with Crippen LogP contribution in [-0.2, 0) is 14.3 Å². The summed E-state index contributed by atoms with van der Waals surface area (Å²) in [7, 11) is 1.32. The molecule has 272 valence electrons. The van der Waals surface area contributed by atoms with E-state index in [1.807, 2.05) is 17.2 Å². The van der Waals surface area contributed by atoms with Crippen LogP contribution in [0.1, 0.15) is 62.3 Å². The summed E-state index contributed by atoms with van der Waals surface area (Å²) in [4.78, 5) is 58.6. The Morgan fingerprint density at radius 2 is 1.51 bits per heavy atom. The highest BCUT2D eigenvalue weighted by atomic mass is 16.5. The van der Waals surface area contributed by atoms with Crippen molar-refractivity contribution in [2.75, 3.05) is 20.3 Å². The SMILES string of the molecule is COC(=O)NC(C(=O)N1[C@@H]2C[C@@H]2C[C@H]1c1nc(-c2ccc3cc(-c4ccc5nc(C6CC7CC7N6C(=O)O)[nH]c5c4)ccc3c2)c[nH]1)C1CCOCC1. The van der Waals surface area contributed by atoms with Gasteiger partial charge in [-0.1, -0.05) is 30.3 Å². The molecule has 5 fully saturated rings. The van der Waals surface area contributed by atoms with Crippen molar-refractivity contribution >= 4 is 39.9 Å². The maximum Gasteiger partial charge on any atom is 0.408 e. The number of alkyl carbamates (subject to hydrolysis) is 1. The second-order valence-corrected chi connectivity index (χ2v) is 15.4. The first-order valence-corrected chi connectivity index (χ1v) is 18.7. The van der Waals surface area contributed by atoms with Crippen LogP contribution in [0.15, 0.2) is 60.8 Å². The van der Waals surface area contributed by atoms with E-state index in [2.05, 4.69) is 63.8 Å². The van der Waals surface area contributed by atoms with Gasteiger partial charge in [-0.15, -0.1) is 0 Å². The molecule has 53 heavy (non-hydrogen) atoms. The molecule has 5 aromatic rings. The number of aromatic amines is 2. The average Bonchev–Trinajstić information content (AvgIpc) is 3.80. The molecule has 3 aliphatic heterocycles. The number of nitrogens with one attached hydrogen (secondary N) is 3. The summed E-state index contributed by atoms with van der Waals surface area (Å²) in [6, 6.07) is 18.1. The number of hydrogen-bond acceptors (Lipinski definition) is 7. The van der Waals surface area contributed by atoms with Crippen LogP contribution in [0.3, 0.4) is 0 Å². The number of piperidine rings is 2. The van der Waals surface area contributed by atoms with Gasteiger partial charge in [0.1, 0.15) is 17.7 Å². The van der Waals surface area contributed by atoms with E-state index >= 15 is 0 Å². The maximum atomic E-state index is 14.2. The molecule has 0 bridgehead atoms. The van der Waals surface area contributed by atoms with Gasteiger partial charge in [-0.25, -0.2) is 19.6 Å². The number of ether oxygens (including phenoxy) is 2. The van der Waals surface area contributed by atoms with Crippen molar-refractivity contribution in [3.05, 3.63) is 72.4 Å². The molecule has 5 aliphatic rings. The summed E-state index contributed by atoms with van der Waals surface area (Å²) in [5, 5.41) is 14.8. The zero-order chi connectivity index (χ0) is 36.0. The predicted molar refractivity (Wildman–Crippen MR) is 195 cm³/mol. The molecule has 2 saturated carbocycles. The molecule has 7 atom stereocenters. The Labute approximate surface area is 305 Å². The number of benzene rings is 3. The third-order valence-corrected chi connectivity index (χ3v) is 12.3. The summed E-state index contributed by atoms with van der Waals surface area (Å²) >= 11 is 0. The predicted octanol–water partition coefficient (Wildman–Crippen LogP) is 6.40. The zero-order valence-electron chi connectivity index (χ0n) is 29.3. The first-order chi connectivity index (χ1) is 25.8. The smallest absolute Gasteiger partial charge is 0.408 e. The number of aromatic nitrogens is 4. The molecule has 10 rings (SSSR count). The van der Waals surface area contributed by atoms with Crippen molar-refractivity contribution in [3.63, 3.8) is 0 Å². The molecule has 2 aromatic heterocycles. The van der Waals surface area contributed by atoms with Gasteiger partial charge >= 0.3 is 12.2 Å². The summed E-state index contributed by atoms with van der Waals surface area (Å²) in [5.74, 6) is 2.29. The third-order valence-electron chi connectivity index (χ3n) is 12.3. The van der Waals surface area contributed by atoms with Crippen LogP contribution in [0, 0.1) is 17.8 Å². The number of methoxy groups -OCH3 is 1. The highest BCUT2D eigenvalue weighted by Crippen LogP contribution is 2.54. The number of amides is 3. The van der Waals surface area contributed by atoms with Gasteiger partial charge in [-0.2, -0.15) is 0 Å². The molecule has 13 heteroatoms. The summed E-state index contributed by atoms with van der Waals surface area (Å²) in [6.07, 6.45) is 5.46. The lowest BCUT2D eigenvalue weighted by Crippen LogP contribution is -2.54. The van der Waals surface area contributed by atoms with E-state index in [4.69, 9.17) is 19.4 Å². The Hall–Kier alpha value is -5.43. The van der Waals surface area contributed by atoms with Gasteiger partial charge in [0.15, 0.2) is 0 Å². The quantitative estimate of drug-likeness (QED) is 0.150. The van der Waals surface area contributed by atoms with Gasteiger partial charge in [0.25, 0.3) is 0 Å². The van der Waals surface area contributed by atoms with E-state index in [-0.39, 0.29) is 36.0 Å². The normalized spacial score (nSPS) is 26.7. The van der Waals surface area contributed by atoms with E-state index < -0.39 is 18.2 Å². The summed E-state index contributed by atoms with van der Waals surface area (Å²) in [6.45, 7) is 1.14. The first-order valence-electron chi connectivity index (χ1n) is 18.7. The van der Waals surface area contributed by atoms with Gasteiger partial charge in [0, 0.05) is 37.1 Å². The van der Waals surface area contributed by atoms with E-state index in [9.17, 15) is 19.5 Å². The van der Waals surface area contributed by atoms with Crippen LogP contribution in [0.5, 0.6) is 0 Å². The number of carboxylic acid groups (broad SMARTS) is 1. The Morgan fingerprint density at radius 1 is 0.849 bits per heavy atom. The molecular formula is C40H41N7O6. The Bertz CT molecular complexity index is 2280. The second kappa shape index (κ2) is 12.3. The number of likely N-dealkylation sites (tertiary alicyclic amines) is 2. The van der Waals surface area contributed by atoms with Crippen LogP contribution in [0.4, 0.5) is 9.59 Å². The third kappa shape index (κ3) is 5.60. The molecule has 0 radical (unpaired) electrons. The fourth-order valence-electron chi connectivity index (χ4n) is 9.38. The number of carbonyl (C=O) groups is 3. The van der Waals surface area contributed by atoms with Gasteiger partial charge in [0.2, 0.25) is 5.91 Å². The minimum atomic E-state index is -0.873. The minimum absolute atomic E-state index is 0.0146. The molecule has 4 unspecified atom stereocenters. The van der Waals surface area contributed by atoms with Crippen molar-refractivity contribution in [2.24, 2.45) is 17.8 Å². The standard InChI is InChI=1S/C40H41N7O6/c1-52-39(49)45-35(20-8-10-53-11-9-20)38(48)46-31-15-26(31)17-33(46)36-41-19-30(44-36)25-5-4-21-12-22(2-3-23(21)13-25)24-6-7-28-29(14-24)43-37(42-28)34-18-27-16-32(27)47(34)40(50)51/h2-7,12-14,19-20,26-27,31-35H,8-11,15-18H2,1H3,(H,41,44)(H,42,43)(H,45,49)(H,50,51)/t26-,27?,31-,32?,33+,34?,35?/m1/s1. The highest BCUT2D eigenvalue weighted by molar-refractivity contribution is 5.92. The lowest BCUT2D eigenvalue weighted by molar-refractivity contribution is -0.138. The van der Waals surface area contributed by atoms with Crippen LogP contribution in [0.2, 0.25) is 0 Å². The van der Waals surface area contributed by atoms with Crippen molar-refractivity contribution < 1.29 is 29.0 Å². The number of hydrogen-bond donors (Lipinski definition) is 4. The lowest BCUT2D eigenvalue weighted by Gasteiger charge is -2.35. The van der Waals surface area contributed by atoms with Crippen LogP contribution in [-0.4, -0.2) is 91.4 Å². The van der Waals surface area contributed by atoms with Gasteiger partial charge < -0.3 is 34.8 Å². The summed E-state index contributed by atoms with van der Waals surface area (Å²) in [5.41, 5.74) is 5.64. The van der Waals surface area contributed by atoms with Gasteiger partial charge in [-0.3, -0.25) is 9.69 Å². The number of H-pyrrole nitrogens is 2. The molecule has 4 N–H and O–H groups in total. The number of rotatable bonds is 7. The van der Waals surface area contributed by atoms with Crippen molar-refractivity contribution in [1.82, 2.24) is 35.1 Å². The van der Waals surface area contributed by atoms with E-state index in [0.29, 0.717) is 37.9 Å². The molecule has 3 aromatic carbocycles. The molecule has 0 spiro atoms. The maximum absolute atomic E-state index is 14.2. The number of fused-ring (bicyclic) bond motifs is 4. The lowest BCUT2D eigenvalue weighted by atomic mass is 9.90. The first kappa shape index (κ1) is 32.2. The molecule has 2 aliphatic carbocycles. The average molecular weight is 716 g/mol. The van der Waals surface area contributed by atoms with Gasteiger partial charge in [-0.05, 0) is 102 Å². The van der Waals surface area contributed by atoms with E-state index in [1.54, 1.807) is 4.90 Å². The van der Waals surface area contributed by atoms with Crippen LogP contribution < -0.4 is 5.32 Å². The van der Waals surface area contributed by atoms with Crippen molar-refractivity contribution in [1.29, 1.82) is 0 Å². The minimum Gasteiger partial charge on any atom is -0.465 e.